The normalized spacial score (nSPS) is 27.7. The van der Waals surface area contributed by atoms with Gasteiger partial charge >= 0.3 is 0 Å². The predicted molar refractivity (Wildman–Crippen MR) is 93.9 cm³/mol. The molecule has 2 unspecified atom stereocenters. The number of benzene rings is 1. The molecule has 25 heavy (non-hydrogen) atoms. The summed E-state index contributed by atoms with van der Waals surface area (Å²) in [7, 11) is -3.66. The lowest BCUT2D eigenvalue weighted by Gasteiger charge is -2.29. The molecule has 134 valence electrons. The van der Waals surface area contributed by atoms with Gasteiger partial charge in [-0.05, 0) is 44.4 Å². The molecule has 2 N–H and O–H groups in total. The van der Waals surface area contributed by atoms with Crippen LogP contribution in [0.3, 0.4) is 0 Å². The van der Waals surface area contributed by atoms with E-state index in [-0.39, 0.29) is 22.9 Å². The summed E-state index contributed by atoms with van der Waals surface area (Å²) in [5.41, 5.74) is 0.599. The Bertz CT molecular complexity index is 815. The molecule has 2 saturated heterocycles. The molecular formula is C17H22N4O3S. The Morgan fingerprint density at radius 1 is 1.24 bits per heavy atom. The summed E-state index contributed by atoms with van der Waals surface area (Å²) in [6.45, 7) is 2.42. The van der Waals surface area contributed by atoms with E-state index in [2.05, 4.69) is 15.0 Å². The largest absolute Gasteiger partial charge is 0.350 e. The Balaban J connectivity index is 1.57. The third-order valence-electron chi connectivity index (χ3n) is 5.08. The first-order valence-corrected chi connectivity index (χ1v) is 10.2. The van der Waals surface area contributed by atoms with Gasteiger partial charge in [-0.2, -0.15) is 8.42 Å². The number of piperidine rings is 1. The highest BCUT2D eigenvalue weighted by molar-refractivity contribution is 7.90. The van der Waals surface area contributed by atoms with Crippen LogP contribution in [-0.2, 0) is 14.8 Å². The second-order valence-corrected chi connectivity index (χ2v) is 8.36. The monoisotopic (exact) mass is 362 g/mol. The summed E-state index contributed by atoms with van der Waals surface area (Å²) in [6, 6.07) is 6.61. The Kier molecular flexibility index (Phi) is 4.24. The third kappa shape index (κ3) is 3.04. The highest BCUT2D eigenvalue weighted by Gasteiger charge is 2.39. The minimum Gasteiger partial charge on any atom is -0.350 e. The first-order valence-electron chi connectivity index (χ1n) is 8.78. The van der Waals surface area contributed by atoms with Gasteiger partial charge in [0.2, 0.25) is 5.91 Å². The standard InChI is InChI=1S/C17H22N4O3S/c22-17(19-12-5-3-9-18-11-12)14-7-4-10-21(14)16-13-6-1-2-8-15(13)25(23,24)20-16/h1-2,6,8,12,14,18H,3-5,7,9-11H2,(H,19,22). The van der Waals surface area contributed by atoms with Gasteiger partial charge in [-0.25, -0.2) is 0 Å². The van der Waals surface area contributed by atoms with Gasteiger partial charge in [0.15, 0.2) is 5.84 Å². The highest BCUT2D eigenvalue weighted by Crippen LogP contribution is 2.31. The summed E-state index contributed by atoms with van der Waals surface area (Å²) in [5, 5.41) is 6.40. The first-order chi connectivity index (χ1) is 12.1. The van der Waals surface area contributed by atoms with Crippen molar-refractivity contribution in [3.05, 3.63) is 29.8 Å². The summed E-state index contributed by atoms with van der Waals surface area (Å²) < 4.78 is 28.6. The molecule has 1 aromatic carbocycles. The summed E-state index contributed by atoms with van der Waals surface area (Å²) in [4.78, 5) is 14.9. The van der Waals surface area contributed by atoms with E-state index < -0.39 is 10.0 Å². The van der Waals surface area contributed by atoms with Crippen molar-refractivity contribution in [1.82, 2.24) is 15.5 Å². The van der Waals surface area contributed by atoms with Crippen molar-refractivity contribution in [3.63, 3.8) is 0 Å². The Hall–Kier alpha value is -1.93. The summed E-state index contributed by atoms with van der Waals surface area (Å²) in [6.07, 6.45) is 3.59. The molecule has 7 nitrogen and oxygen atoms in total. The smallest absolute Gasteiger partial charge is 0.285 e. The molecule has 2 fully saturated rings. The number of amides is 1. The van der Waals surface area contributed by atoms with Crippen molar-refractivity contribution in [2.45, 2.75) is 42.7 Å². The number of nitrogens with zero attached hydrogens (tertiary/aromatic N) is 2. The fraction of sp³-hybridized carbons (Fsp3) is 0.529. The van der Waals surface area contributed by atoms with Gasteiger partial charge in [0.25, 0.3) is 10.0 Å². The third-order valence-corrected chi connectivity index (χ3v) is 6.41. The quantitative estimate of drug-likeness (QED) is 0.798. The number of amidine groups is 1. The van der Waals surface area contributed by atoms with Gasteiger partial charge in [-0.3, -0.25) is 4.79 Å². The number of likely N-dealkylation sites (tertiary alicyclic amines) is 1. The Labute approximate surface area is 147 Å². The van der Waals surface area contributed by atoms with E-state index in [1.165, 1.54) is 0 Å². The lowest BCUT2D eigenvalue weighted by atomic mass is 10.1. The lowest BCUT2D eigenvalue weighted by molar-refractivity contribution is -0.125. The van der Waals surface area contributed by atoms with Crippen molar-refractivity contribution in [2.75, 3.05) is 19.6 Å². The van der Waals surface area contributed by atoms with Gasteiger partial charge in [0.05, 0.1) is 0 Å². The SMILES string of the molecule is O=C(NC1CCCNC1)C1CCCN1C1=NS(=O)(=O)c2ccccc21. The molecule has 1 amide bonds. The van der Waals surface area contributed by atoms with E-state index >= 15 is 0 Å². The molecule has 4 rings (SSSR count). The number of nitrogens with one attached hydrogen (secondary N) is 2. The highest BCUT2D eigenvalue weighted by atomic mass is 32.2. The van der Waals surface area contributed by atoms with Crippen molar-refractivity contribution < 1.29 is 13.2 Å². The van der Waals surface area contributed by atoms with Gasteiger partial charge in [0, 0.05) is 24.7 Å². The summed E-state index contributed by atoms with van der Waals surface area (Å²) >= 11 is 0. The van der Waals surface area contributed by atoms with E-state index in [0.717, 1.165) is 32.4 Å². The molecule has 0 aromatic heterocycles. The molecule has 0 bridgehead atoms. The van der Waals surface area contributed by atoms with Crippen LogP contribution in [0, 0.1) is 0 Å². The van der Waals surface area contributed by atoms with Gasteiger partial charge < -0.3 is 15.5 Å². The van der Waals surface area contributed by atoms with Crippen LogP contribution >= 0.6 is 0 Å². The van der Waals surface area contributed by atoms with E-state index in [0.29, 0.717) is 24.4 Å². The molecule has 2 atom stereocenters. The van der Waals surface area contributed by atoms with Crippen LogP contribution in [0.5, 0.6) is 0 Å². The average molecular weight is 362 g/mol. The maximum atomic E-state index is 12.8. The zero-order valence-corrected chi connectivity index (χ0v) is 14.8. The van der Waals surface area contributed by atoms with Crippen molar-refractivity contribution in [1.29, 1.82) is 0 Å². The molecule has 0 spiro atoms. The molecule has 3 heterocycles. The molecule has 3 aliphatic rings. The number of rotatable bonds is 2. The van der Waals surface area contributed by atoms with E-state index in [1.54, 1.807) is 24.3 Å². The molecule has 0 radical (unpaired) electrons. The van der Waals surface area contributed by atoms with Crippen LogP contribution in [0.1, 0.15) is 31.2 Å². The molecule has 0 saturated carbocycles. The second kappa shape index (κ2) is 6.42. The van der Waals surface area contributed by atoms with E-state index in [9.17, 15) is 13.2 Å². The maximum absolute atomic E-state index is 12.8. The van der Waals surface area contributed by atoms with E-state index in [1.807, 2.05) is 4.90 Å². The van der Waals surface area contributed by atoms with Crippen LogP contribution in [0.15, 0.2) is 33.6 Å². The molecule has 1 aromatic rings. The van der Waals surface area contributed by atoms with Crippen LogP contribution < -0.4 is 10.6 Å². The minimum absolute atomic E-state index is 0.0318. The number of hydrogen-bond acceptors (Lipinski definition) is 5. The zero-order valence-electron chi connectivity index (χ0n) is 13.9. The topological polar surface area (TPSA) is 90.9 Å². The fourth-order valence-corrected chi connectivity index (χ4v) is 5.08. The van der Waals surface area contributed by atoms with Crippen molar-refractivity contribution in [3.8, 4) is 0 Å². The van der Waals surface area contributed by atoms with Gasteiger partial charge in [0.1, 0.15) is 10.9 Å². The second-order valence-electron chi connectivity index (χ2n) is 6.79. The van der Waals surface area contributed by atoms with Crippen LogP contribution in [0.2, 0.25) is 0 Å². The molecular weight excluding hydrogens is 340 g/mol. The van der Waals surface area contributed by atoms with Crippen LogP contribution in [0.25, 0.3) is 0 Å². The van der Waals surface area contributed by atoms with E-state index in [4.69, 9.17) is 0 Å². The lowest BCUT2D eigenvalue weighted by Crippen LogP contribution is -2.52. The molecule has 3 aliphatic heterocycles. The number of hydrogen-bond donors (Lipinski definition) is 2. The van der Waals surface area contributed by atoms with Gasteiger partial charge in [-0.1, -0.05) is 12.1 Å². The molecule has 8 heteroatoms. The number of carbonyl (C=O) groups is 1. The predicted octanol–water partition coefficient (Wildman–Crippen LogP) is 0.468. The number of carbonyl (C=O) groups excluding carboxylic acids is 1. The zero-order chi connectivity index (χ0) is 17.4. The van der Waals surface area contributed by atoms with Crippen LogP contribution in [0.4, 0.5) is 0 Å². The van der Waals surface area contributed by atoms with Crippen molar-refractivity contribution in [2.24, 2.45) is 4.40 Å². The first kappa shape index (κ1) is 16.5. The number of sulfonamides is 1. The van der Waals surface area contributed by atoms with Crippen LogP contribution in [-0.4, -0.2) is 56.8 Å². The Morgan fingerprint density at radius 3 is 2.88 bits per heavy atom. The number of fused-ring (bicyclic) bond motifs is 1. The summed E-state index contributed by atoms with van der Waals surface area (Å²) in [5.74, 6) is 0.380. The Morgan fingerprint density at radius 2 is 2.08 bits per heavy atom. The molecule has 0 aliphatic carbocycles. The van der Waals surface area contributed by atoms with Gasteiger partial charge in [-0.15, -0.1) is 4.40 Å². The fourth-order valence-electron chi connectivity index (χ4n) is 3.86. The average Bonchev–Trinajstić information content (AvgIpc) is 3.19. The van der Waals surface area contributed by atoms with Crippen molar-refractivity contribution >= 4 is 21.8 Å². The maximum Gasteiger partial charge on any atom is 0.285 e. The minimum atomic E-state index is -3.66.